The van der Waals surface area contributed by atoms with Crippen molar-refractivity contribution in [3.63, 3.8) is 0 Å². The van der Waals surface area contributed by atoms with Crippen LogP contribution in [0.15, 0.2) is 29.4 Å². The van der Waals surface area contributed by atoms with E-state index < -0.39 is 23.2 Å². The number of oxime groups is 1. The van der Waals surface area contributed by atoms with Crippen molar-refractivity contribution < 1.29 is 26.2 Å². The first kappa shape index (κ1) is 13.7. The zero-order valence-electron chi connectivity index (χ0n) is 8.56. The van der Waals surface area contributed by atoms with Crippen LogP contribution >= 0.6 is 0 Å². The van der Waals surface area contributed by atoms with Gasteiger partial charge in [0.05, 0.1) is 0 Å². The van der Waals surface area contributed by atoms with E-state index >= 15 is 0 Å². The van der Waals surface area contributed by atoms with Crippen LogP contribution in [0.1, 0.15) is 11.1 Å². The molecule has 0 bridgehead atoms. The molecule has 0 aliphatic rings. The van der Waals surface area contributed by atoms with Crippen molar-refractivity contribution in [2.75, 3.05) is 0 Å². The molecule has 1 N–H and O–H groups in total. The van der Waals surface area contributed by atoms with E-state index in [-0.39, 0.29) is 5.56 Å². The van der Waals surface area contributed by atoms with Crippen LogP contribution in [0.4, 0.5) is 13.2 Å². The van der Waals surface area contributed by atoms with E-state index in [1.807, 2.05) is 0 Å². The third kappa shape index (κ3) is 4.16. The van der Waals surface area contributed by atoms with E-state index in [1.54, 1.807) is 6.92 Å². The number of alkyl halides is 3. The monoisotopic (exact) mass is 267 g/mol. The zero-order valence-corrected chi connectivity index (χ0v) is 9.38. The van der Waals surface area contributed by atoms with Gasteiger partial charge < -0.3 is 0 Å². The third-order valence-corrected chi connectivity index (χ3v) is 1.99. The first-order valence-electron chi connectivity index (χ1n) is 4.31. The molecule has 1 unspecified atom stereocenters. The number of benzene rings is 1. The molecule has 1 atom stereocenters. The normalized spacial score (nSPS) is 14.5. The maximum atomic E-state index is 12.6. The molecule has 0 saturated carbocycles. The van der Waals surface area contributed by atoms with E-state index in [2.05, 4.69) is 9.44 Å². The second-order valence-electron chi connectivity index (χ2n) is 3.10. The number of nitrogens with zero attached hydrogens (tertiary/aromatic N) is 1. The van der Waals surface area contributed by atoms with Gasteiger partial charge in [0.25, 0.3) is 0 Å². The van der Waals surface area contributed by atoms with Gasteiger partial charge in [-0.05, 0) is 6.92 Å². The maximum absolute atomic E-state index is 12.6. The van der Waals surface area contributed by atoms with E-state index in [9.17, 15) is 17.4 Å². The van der Waals surface area contributed by atoms with Crippen LogP contribution < -0.4 is 0 Å². The molecule has 0 fully saturated rings. The Balaban J connectivity index is 3.11. The highest BCUT2D eigenvalue weighted by Crippen LogP contribution is 2.23. The first-order chi connectivity index (χ1) is 7.80. The maximum Gasteiger partial charge on any atom is 0.437 e. The van der Waals surface area contributed by atoms with Gasteiger partial charge in [0, 0.05) is 5.56 Å². The molecule has 0 aromatic heterocycles. The Hall–Kier alpha value is -1.41. The van der Waals surface area contributed by atoms with Crippen molar-refractivity contribution >= 4 is 17.1 Å². The summed E-state index contributed by atoms with van der Waals surface area (Å²) < 4.78 is 59.8. The summed E-state index contributed by atoms with van der Waals surface area (Å²) >= 11 is -2.89. The smallest absolute Gasteiger partial charge is 0.273 e. The van der Waals surface area contributed by atoms with Crippen LogP contribution in [0.25, 0.3) is 0 Å². The molecule has 1 aromatic rings. The molecule has 0 aliphatic carbocycles. The van der Waals surface area contributed by atoms with Gasteiger partial charge in [0.1, 0.15) is 0 Å². The van der Waals surface area contributed by atoms with Crippen molar-refractivity contribution in [1.29, 1.82) is 0 Å². The van der Waals surface area contributed by atoms with E-state index in [0.717, 1.165) is 5.56 Å². The van der Waals surface area contributed by atoms with E-state index in [0.29, 0.717) is 0 Å². The van der Waals surface area contributed by atoms with Gasteiger partial charge >= 0.3 is 17.5 Å². The number of hydrogen-bond acceptors (Lipinski definition) is 3. The van der Waals surface area contributed by atoms with Crippen LogP contribution in [0.5, 0.6) is 0 Å². The summed E-state index contributed by atoms with van der Waals surface area (Å²) in [5.41, 5.74) is -0.824. The number of halogens is 3. The molecular weight excluding hydrogens is 259 g/mol. The summed E-state index contributed by atoms with van der Waals surface area (Å²) in [4.78, 5) is 0. The van der Waals surface area contributed by atoms with Crippen molar-refractivity contribution in [3.8, 4) is 0 Å². The third-order valence-electron chi connectivity index (χ3n) is 1.79. The molecule has 4 nitrogen and oxygen atoms in total. The van der Waals surface area contributed by atoms with Crippen molar-refractivity contribution in [2.45, 2.75) is 13.1 Å². The second-order valence-corrected chi connectivity index (χ2v) is 3.68. The fourth-order valence-electron chi connectivity index (χ4n) is 1.05. The van der Waals surface area contributed by atoms with Crippen LogP contribution in [0, 0.1) is 6.92 Å². The van der Waals surface area contributed by atoms with E-state index in [1.165, 1.54) is 24.3 Å². The summed E-state index contributed by atoms with van der Waals surface area (Å²) in [5, 5.41) is 2.64. The molecule has 0 radical (unpaired) electrons. The minimum Gasteiger partial charge on any atom is -0.273 e. The SMILES string of the molecule is Cc1ccc(C(=NOS(=O)O)C(F)(F)F)cc1. The predicted octanol–water partition coefficient (Wildman–Crippen LogP) is 2.41. The summed E-state index contributed by atoms with van der Waals surface area (Å²) in [6.07, 6.45) is -4.77. The molecule has 94 valence electrons. The van der Waals surface area contributed by atoms with Gasteiger partial charge in [0.15, 0.2) is 5.71 Å². The Bertz CT molecular complexity index is 442. The molecule has 1 rings (SSSR count). The summed E-state index contributed by atoms with van der Waals surface area (Å²) in [5.74, 6) is 0. The van der Waals surface area contributed by atoms with Gasteiger partial charge in [-0.2, -0.15) is 17.4 Å². The van der Waals surface area contributed by atoms with Crippen LogP contribution in [-0.2, 0) is 15.6 Å². The minimum atomic E-state index is -4.77. The lowest BCUT2D eigenvalue weighted by molar-refractivity contribution is -0.0597. The fraction of sp³-hybridized carbons (Fsp3) is 0.222. The molecule has 0 amide bonds. The lowest BCUT2D eigenvalue weighted by Gasteiger charge is -2.09. The first-order valence-corrected chi connectivity index (χ1v) is 5.34. The van der Waals surface area contributed by atoms with Gasteiger partial charge in [-0.15, -0.1) is 0 Å². The Morgan fingerprint density at radius 2 is 1.88 bits per heavy atom. The number of hydrogen-bond donors (Lipinski definition) is 1. The molecule has 8 heteroatoms. The zero-order chi connectivity index (χ0) is 13.1. The number of aryl methyl sites for hydroxylation is 1. The highest BCUT2D eigenvalue weighted by molar-refractivity contribution is 7.74. The van der Waals surface area contributed by atoms with Crippen LogP contribution in [0.3, 0.4) is 0 Å². The fourth-order valence-corrected chi connectivity index (χ4v) is 1.19. The molecular formula is C9H8F3NO3S. The topological polar surface area (TPSA) is 58.9 Å². The summed E-state index contributed by atoms with van der Waals surface area (Å²) in [6, 6.07) is 5.33. The molecule has 0 aliphatic heterocycles. The average Bonchev–Trinajstić information content (AvgIpc) is 2.18. The lowest BCUT2D eigenvalue weighted by atomic mass is 10.1. The highest BCUT2D eigenvalue weighted by atomic mass is 32.2. The van der Waals surface area contributed by atoms with Crippen LogP contribution in [-0.4, -0.2) is 20.6 Å². The summed E-state index contributed by atoms with van der Waals surface area (Å²) in [6.45, 7) is 1.72. The highest BCUT2D eigenvalue weighted by Gasteiger charge is 2.38. The number of rotatable bonds is 3. The van der Waals surface area contributed by atoms with Gasteiger partial charge in [-0.3, -0.25) is 8.84 Å². The van der Waals surface area contributed by atoms with Crippen LogP contribution in [0.2, 0.25) is 0 Å². The largest absolute Gasteiger partial charge is 0.437 e. The lowest BCUT2D eigenvalue weighted by Crippen LogP contribution is -2.24. The van der Waals surface area contributed by atoms with Gasteiger partial charge in [-0.1, -0.05) is 35.0 Å². The van der Waals surface area contributed by atoms with Crippen molar-refractivity contribution in [1.82, 2.24) is 0 Å². The van der Waals surface area contributed by atoms with Crippen molar-refractivity contribution in [3.05, 3.63) is 35.4 Å². The quantitative estimate of drug-likeness (QED) is 0.519. The summed E-state index contributed by atoms with van der Waals surface area (Å²) in [7, 11) is 0. The predicted molar refractivity (Wildman–Crippen MR) is 55.6 cm³/mol. The Kier molecular flexibility index (Phi) is 4.24. The van der Waals surface area contributed by atoms with Gasteiger partial charge in [-0.25, -0.2) is 0 Å². The average molecular weight is 267 g/mol. The van der Waals surface area contributed by atoms with Crippen molar-refractivity contribution in [2.24, 2.45) is 5.16 Å². The molecule has 17 heavy (non-hydrogen) atoms. The Labute approximate surface area is 97.6 Å². The standard InChI is InChI=1S/C9H8F3NO3S/c1-6-2-4-7(5-3-6)8(9(10,11)12)13-16-17(14)15/h2-5H,1H3,(H,14,15). The molecule has 0 spiro atoms. The second kappa shape index (κ2) is 5.28. The molecule has 1 aromatic carbocycles. The van der Waals surface area contributed by atoms with E-state index in [4.69, 9.17) is 4.55 Å². The molecule has 0 heterocycles. The Morgan fingerprint density at radius 3 is 2.29 bits per heavy atom. The Morgan fingerprint density at radius 1 is 1.35 bits per heavy atom. The van der Waals surface area contributed by atoms with Gasteiger partial charge in [0.2, 0.25) is 0 Å². The molecule has 0 saturated heterocycles. The minimum absolute atomic E-state index is 0.242.